The van der Waals surface area contributed by atoms with E-state index in [9.17, 15) is 0 Å². The molecule has 4 heteroatoms. The molecule has 19 heavy (non-hydrogen) atoms. The van der Waals surface area contributed by atoms with Crippen molar-refractivity contribution in [3.63, 3.8) is 0 Å². The summed E-state index contributed by atoms with van der Waals surface area (Å²) in [4.78, 5) is 0. The number of nitrogens with one attached hydrogen (secondary N) is 1. The van der Waals surface area contributed by atoms with Gasteiger partial charge < -0.3 is 14.8 Å². The zero-order chi connectivity index (χ0) is 13.3. The van der Waals surface area contributed by atoms with E-state index in [1.54, 1.807) is 0 Å². The largest absolute Gasteiger partial charge is 0.494 e. The summed E-state index contributed by atoms with van der Waals surface area (Å²) in [5, 5.41) is 4.13. The molecule has 0 amide bonds. The molecule has 1 atom stereocenters. The number of rotatable bonds is 7. The Labute approximate surface area is 120 Å². The van der Waals surface area contributed by atoms with Gasteiger partial charge in [-0.3, -0.25) is 0 Å². The van der Waals surface area contributed by atoms with Crippen LogP contribution < -0.4 is 10.1 Å². The van der Waals surface area contributed by atoms with Crippen molar-refractivity contribution >= 4 is 11.6 Å². The topological polar surface area (TPSA) is 30.5 Å². The summed E-state index contributed by atoms with van der Waals surface area (Å²) in [5.74, 6) is 1.55. The van der Waals surface area contributed by atoms with E-state index >= 15 is 0 Å². The molecule has 1 aliphatic rings. The van der Waals surface area contributed by atoms with E-state index in [4.69, 9.17) is 21.1 Å². The van der Waals surface area contributed by atoms with E-state index in [-0.39, 0.29) is 0 Å². The molecule has 1 heterocycles. The van der Waals surface area contributed by atoms with E-state index in [1.807, 2.05) is 24.3 Å². The minimum Gasteiger partial charge on any atom is -0.494 e. The first-order valence-corrected chi connectivity index (χ1v) is 7.39. The van der Waals surface area contributed by atoms with E-state index in [2.05, 4.69) is 5.32 Å². The SMILES string of the molecule is Clc1ccc(OCCCOCC2CCCNC2)cc1. The molecule has 1 aliphatic heterocycles. The van der Waals surface area contributed by atoms with Gasteiger partial charge in [0.25, 0.3) is 0 Å². The molecular formula is C15H22ClNO2. The molecule has 0 aromatic heterocycles. The Hall–Kier alpha value is -0.770. The Bertz CT molecular complexity index is 350. The van der Waals surface area contributed by atoms with E-state index in [0.717, 1.165) is 43.5 Å². The van der Waals surface area contributed by atoms with Crippen molar-refractivity contribution in [3.05, 3.63) is 29.3 Å². The number of ether oxygens (including phenoxy) is 2. The van der Waals surface area contributed by atoms with Crippen LogP contribution in [-0.2, 0) is 4.74 Å². The van der Waals surface area contributed by atoms with Crippen LogP contribution in [0.3, 0.4) is 0 Å². The lowest BCUT2D eigenvalue weighted by atomic mass is 10.0. The first-order chi connectivity index (χ1) is 9.34. The van der Waals surface area contributed by atoms with Crippen molar-refractivity contribution in [2.45, 2.75) is 19.3 Å². The molecule has 106 valence electrons. The molecule has 1 N–H and O–H groups in total. The van der Waals surface area contributed by atoms with Crippen LogP contribution >= 0.6 is 11.6 Å². The summed E-state index contributed by atoms with van der Waals surface area (Å²) >= 11 is 5.81. The standard InChI is InChI=1S/C15H22ClNO2/c16-14-4-6-15(7-5-14)19-10-2-9-18-12-13-3-1-8-17-11-13/h4-7,13,17H,1-3,8-12H2. The van der Waals surface area contributed by atoms with E-state index in [1.165, 1.54) is 12.8 Å². The van der Waals surface area contributed by atoms with Crippen LogP contribution in [0.2, 0.25) is 5.02 Å². The quantitative estimate of drug-likeness (QED) is 0.780. The minimum absolute atomic E-state index is 0.685. The predicted molar refractivity (Wildman–Crippen MR) is 78.0 cm³/mol. The summed E-state index contributed by atoms with van der Waals surface area (Å²) in [5.41, 5.74) is 0. The third-order valence-corrected chi connectivity index (χ3v) is 3.52. The first-order valence-electron chi connectivity index (χ1n) is 7.01. The van der Waals surface area contributed by atoms with E-state index < -0.39 is 0 Å². The minimum atomic E-state index is 0.685. The van der Waals surface area contributed by atoms with Gasteiger partial charge in [-0.05, 0) is 49.6 Å². The van der Waals surface area contributed by atoms with Gasteiger partial charge >= 0.3 is 0 Å². The Morgan fingerprint density at radius 2 is 2.05 bits per heavy atom. The maximum Gasteiger partial charge on any atom is 0.119 e. The zero-order valence-corrected chi connectivity index (χ0v) is 12.0. The highest BCUT2D eigenvalue weighted by molar-refractivity contribution is 6.30. The summed E-state index contributed by atoms with van der Waals surface area (Å²) < 4.78 is 11.3. The van der Waals surface area contributed by atoms with Crippen LogP contribution in [0.25, 0.3) is 0 Å². The monoisotopic (exact) mass is 283 g/mol. The maximum atomic E-state index is 5.81. The van der Waals surface area contributed by atoms with Crippen LogP contribution in [-0.4, -0.2) is 32.9 Å². The molecule has 1 saturated heterocycles. The summed E-state index contributed by atoms with van der Waals surface area (Å²) in [7, 11) is 0. The van der Waals surface area contributed by atoms with Gasteiger partial charge in [-0.25, -0.2) is 0 Å². The first kappa shape index (κ1) is 14.6. The van der Waals surface area contributed by atoms with Crippen LogP contribution in [0.1, 0.15) is 19.3 Å². The van der Waals surface area contributed by atoms with Gasteiger partial charge in [0, 0.05) is 24.6 Å². The Kier molecular flexibility index (Phi) is 6.48. The van der Waals surface area contributed by atoms with Crippen LogP contribution in [0, 0.1) is 5.92 Å². The lowest BCUT2D eigenvalue weighted by Gasteiger charge is -2.22. The lowest BCUT2D eigenvalue weighted by Crippen LogP contribution is -2.32. The second kappa shape index (κ2) is 8.41. The molecular weight excluding hydrogens is 262 g/mol. The second-order valence-corrected chi connectivity index (χ2v) is 5.38. The Morgan fingerprint density at radius 1 is 1.21 bits per heavy atom. The highest BCUT2D eigenvalue weighted by atomic mass is 35.5. The summed E-state index contributed by atoms with van der Waals surface area (Å²) in [6.07, 6.45) is 3.48. The van der Waals surface area contributed by atoms with Gasteiger partial charge in [0.15, 0.2) is 0 Å². The van der Waals surface area contributed by atoms with Gasteiger partial charge in [-0.15, -0.1) is 0 Å². The Balaban J connectivity index is 1.49. The zero-order valence-electron chi connectivity index (χ0n) is 11.2. The number of benzene rings is 1. The molecule has 0 bridgehead atoms. The smallest absolute Gasteiger partial charge is 0.119 e. The van der Waals surface area contributed by atoms with Gasteiger partial charge in [0.2, 0.25) is 0 Å². The average molecular weight is 284 g/mol. The summed E-state index contributed by atoms with van der Waals surface area (Å²) in [6, 6.07) is 7.45. The van der Waals surface area contributed by atoms with Crippen LogP contribution in [0.4, 0.5) is 0 Å². The third-order valence-electron chi connectivity index (χ3n) is 3.27. The molecule has 1 fully saturated rings. The van der Waals surface area contributed by atoms with E-state index in [0.29, 0.717) is 12.5 Å². The van der Waals surface area contributed by atoms with Crippen molar-refractivity contribution in [2.75, 3.05) is 32.9 Å². The highest BCUT2D eigenvalue weighted by Gasteiger charge is 2.12. The fraction of sp³-hybridized carbons (Fsp3) is 0.600. The molecule has 0 radical (unpaired) electrons. The summed E-state index contributed by atoms with van der Waals surface area (Å²) in [6.45, 7) is 4.58. The molecule has 3 nitrogen and oxygen atoms in total. The molecule has 1 unspecified atom stereocenters. The Morgan fingerprint density at radius 3 is 2.79 bits per heavy atom. The molecule has 2 rings (SSSR count). The van der Waals surface area contributed by atoms with Gasteiger partial charge in [-0.1, -0.05) is 11.6 Å². The van der Waals surface area contributed by atoms with Gasteiger partial charge in [0.1, 0.15) is 5.75 Å². The average Bonchev–Trinajstić information content (AvgIpc) is 2.46. The highest BCUT2D eigenvalue weighted by Crippen LogP contribution is 2.15. The normalized spacial score (nSPS) is 19.3. The molecule has 0 spiro atoms. The van der Waals surface area contributed by atoms with Crippen molar-refractivity contribution in [3.8, 4) is 5.75 Å². The van der Waals surface area contributed by atoms with Gasteiger partial charge in [0.05, 0.1) is 13.2 Å². The van der Waals surface area contributed by atoms with Crippen LogP contribution in [0.15, 0.2) is 24.3 Å². The molecule has 1 aromatic rings. The second-order valence-electron chi connectivity index (χ2n) is 4.94. The lowest BCUT2D eigenvalue weighted by molar-refractivity contribution is 0.0807. The number of halogens is 1. The number of hydrogen-bond acceptors (Lipinski definition) is 3. The molecule has 1 aromatic carbocycles. The molecule has 0 saturated carbocycles. The predicted octanol–water partition coefficient (Wildman–Crippen LogP) is 3.13. The maximum absolute atomic E-state index is 5.81. The molecule has 0 aliphatic carbocycles. The number of hydrogen-bond donors (Lipinski definition) is 1. The fourth-order valence-corrected chi connectivity index (χ4v) is 2.32. The fourth-order valence-electron chi connectivity index (χ4n) is 2.20. The van der Waals surface area contributed by atoms with Crippen molar-refractivity contribution in [1.82, 2.24) is 5.32 Å². The van der Waals surface area contributed by atoms with Crippen molar-refractivity contribution in [1.29, 1.82) is 0 Å². The van der Waals surface area contributed by atoms with Crippen molar-refractivity contribution in [2.24, 2.45) is 5.92 Å². The van der Waals surface area contributed by atoms with Gasteiger partial charge in [-0.2, -0.15) is 0 Å². The van der Waals surface area contributed by atoms with Crippen LogP contribution in [0.5, 0.6) is 5.75 Å². The number of piperidine rings is 1. The third kappa shape index (κ3) is 5.81. The van der Waals surface area contributed by atoms with Crippen molar-refractivity contribution < 1.29 is 9.47 Å².